The number of hydrogen-bond acceptors (Lipinski definition) is 3. The third-order valence-corrected chi connectivity index (χ3v) is 3.17. The van der Waals surface area contributed by atoms with Crippen molar-refractivity contribution in [2.75, 3.05) is 13.1 Å². The van der Waals surface area contributed by atoms with E-state index < -0.39 is 24.9 Å². The third kappa shape index (κ3) is 3.51. The van der Waals surface area contributed by atoms with Crippen molar-refractivity contribution in [1.82, 2.24) is 5.32 Å². The van der Waals surface area contributed by atoms with E-state index in [4.69, 9.17) is 10.2 Å². The van der Waals surface area contributed by atoms with E-state index in [9.17, 15) is 13.6 Å². The topological polar surface area (TPSA) is 68.3 Å². The maximum Gasteiger partial charge on any atom is 0.287 e. The summed E-state index contributed by atoms with van der Waals surface area (Å²) in [6.07, 6.45) is 0. The van der Waals surface area contributed by atoms with E-state index in [0.717, 1.165) is 10.9 Å². The van der Waals surface area contributed by atoms with E-state index in [1.165, 1.54) is 0 Å². The molecule has 21 heavy (non-hydrogen) atoms. The minimum atomic E-state index is -3.12. The molecule has 0 saturated heterocycles. The second kappa shape index (κ2) is 6.41. The highest BCUT2D eigenvalue weighted by atomic mass is 35.5. The van der Waals surface area contributed by atoms with Crippen molar-refractivity contribution in [1.29, 1.82) is 0 Å². The molecular formula is C14H17ClF2N2O2. The van der Waals surface area contributed by atoms with E-state index in [1.54, 1.807) is 6.92 Å². The van der Waals surface area contributed by atoms with Crippen molar-refractivity contribution < 1.29 is 18.0 Å². The number of furan rings is 1. The molecule has 1 aromatic heterocycles. The number of aryl methyl sites for hydroxylation is 2. The fourth-order valence-electron chi connectivity index (χ4n) is 1.96. The zero-order chi connectivity index (χ0) is 14.9. The maximum absolute atomic E-state index is 13.0. The standard InChI is InChI=1S/C14H16F2N2O2.ClH/c1-8-4-3-5-10-9(2)12(20-11(8)10)13(19)18-7-14(15,16)6-17;/h3-5H,6-7,17H2,1-2H3,(H,18,19);1H. The number of halogens is 3. The summed E-state index contributed by atoms with van der Waals surface area (Å²) in [5, 5.41) is 2.95. The monoisotopic (exact) mass is 318 g/mol. The molecule has 0 fully saturated rings. The molecular weight excluding hydrogens is 302 g/mol. The highest BCUT2D eigenvalue weighted by Crippen LogP contribution is 2.27. The maximum atomic E-state index is 13.0. The second-order valence-corrected chi connectivity index (χ2v) is 4.75. The Labute approximate surface area is 127 Å². The molecule has 0 unspecified atom stereocenters. The molecule has 0 aliphatic rings. The van der Waals surface area contributed by atoms with Crippen LogP contribution in [-0.4, -0.2) is 24.9 Å². The van der Waals surface area contributed by atoms with E-state index >= 15 is 0 Å². The quantitative estimate of drug-likeness (QED) is 0.911. The number of nitrogens with two attached hydrogens (primary N) is 1. The first-order valence-electron chi connectivity index (χ1n) is 6.20. The van der Waals surface area contributed by atoms with Gasteiger partial charge in [-0.2, -0.15) is 0 Å². The number of amides is 1. The van der Waals surface area contributed by atoms with Gasteiger partial charge in [-0.25, -0.2) is 8.78 Å². The van der Waals surface area contributed by atoms with Gasteiger partial charge in [0.15, 0.2) is 5.76 Å². The van der Waals surface area contributed by atoms with E-state index in [2.05, 4.69) is 5.32 Å². The number of fused-ring (bicyclic) bond motifs is 1. The number of alkyl halides is 2. The minimum absolute atomic E-state index is 0. The molecule has 2 rings (SSSR count). The summed E-state index contributed by atoms with van der Waals surface area (Å²) in [5.41, 5.74) is 7.04. The van der Waals surface area contributed by atoms with Crippen molar-refractivity contribution in [2.24, 2.45) is 5.73 Å². The van der Waals surface area contributed by atoms with Crippen molar-refractivity contribution in [3.05, 3.63) is 35.1 Å². The average Bonchev–Trinajstić information content (AvgIpc) is 2.76. The van der Waals surface area contributed by atoms with E-state index in [1.807, 2.05) is 25.1 Å². The lowest BCUT2D eigenvalue weighted by molar-refractivity contribution is 0.0116. The number of nitrogens with one attached hydrogen (secondary N) is 1. The first kappa shape index (κ1) is 17.4. The van der Waals surface area contributed by atoms with Crippen LogP contribution in [0.1, 0.15) is 21.7 Å². The van der Waals surface area contributed by atoms with Crippen molar-refractivity contribution >= 4 is 29.3 Å². The summed E-state index contributed by atoms with van der Waals surface area (Å²) >= 11 is 0. The Morgan fingerprint density at radius 1 is 1.38 bits per heavy atom. The van der Waals surface area contributed by atoms with Crippen LogP contribution in [0.25, 0.3) is 11.0 Å². The largest absolute Gasteiger partial charge is 0.450 e. The zero-order valence-electron chi connectivity index (χ0n) is 11.7. The molecule has 0 aliphatic carbocycles. The zero-order valence-corrected chi connectivity index (χ0v) is 12.5. The Balaban J connectivity index is 0.00000220. The van der Waals surface area contributed by atoms with E-state index in [-0.39, 0.29) is 18.2 Å². The van der Waals surface area contributed by atoms with Gasteiger partial charge >= 0.3 is 0 Å². The minimum Gasteiger partial charge on any atom is -0.450 e. The molecule has 1 amide bonds. The lowest BCUT2D eigenvalue weighted by Crippen LogP contribution is -2.41. The van der Waals surface area contributed by atoms with Gasteiger partial charge in [0.2, 0.25) is 0 Å². The van der Waals surface area contributed by atoms with Gasteiger partial charge in [0, 0.05) is 10.9 Å². The van der Waals surface area contributed by atoms with Gasteiger partial charge in [-0.15, -0.1) is 12.4 Å². The third-order valence-electron chi connectivity index (χ3n) is 3.17. The Hall–Kier alpha value is -1.66. The molecule has 0 atom stereocenters. The number of rotatable bonds is 4. The van der Waals surface area contributed by atoms with Crippen LogP contribution in [-0.2, 0) is 0 Å². The molecule has 7 heteroatoms. The fraction of sp³-hybridized carbons (Fsp3) is 0.357. The van der Waals surface area contributed by atoms with Crippen LogP contribution in [0.2, 0.25) is 0 Å². The average molecular weight is 319 g/mol. The summed E-state index contributed by atoms with van der Waals surface area (Å²) in [6, 6.07) is 5.53. The molecule has 2 aromatic rings. The Kier molecular flexibility index (Phi) is 5.31. The summed E-state index contributed by atoms with van der Waals surface area (Å²) < 4.78 is 31.6. The van der Waals surface area contributed by atoms with Crippen LogP contribution in [0.3, 0.4) is 0 Å². The van der Waals surface area contributed by atoms with Gasteiger partial charge in [-0.05, 0) is 19.4 Å². The normalized spacial score (nSPS) is 11.3. The molecule has 0 saturated carbocycles. The molecule has 116 valence electrons. The van der Waals surface area contributed by atoms with Crippen LogP contribution < -0.4 is 11.1 Å². The first-order chi connectivity index (χ1) is 9.35. The fourth-order valence-corrected chi connectivity index (χ4v) is 1.96. The molecule has 1 heterocycles. The Morgan fingerprint density at radius 3 is 2.62 bits per heavy atom. The van der Waals surface area contributed by atoms with Crippen LogP contribution in [0.15, 0.2) is 22.6 Å². The number of hydrogen-bond donors (Lipinski definition) is 2. The summed E-state index contributed by atoms with van der Waals surface area (Å²) in [7, 11) is 0. The Bertz CT molecular complexity index is 656. The molecule has 0 aliphatic heterocycles. The molecule has 0 bridgehead atoms. The molecule has 1 aromatic carbocycles. The summed E-state index contributed by atoms with van der Waals surface area (Å²) in [6.45, 7) is 1.96. The number of carbonyl (C=O) groups is 1. The van der Waals surface area contributed by atoms with Crippen LogP contribution in [0.5, 0.6) is 0 Å². The van der Waals surface area contributed by atoms with Gasteiger partial charge in [0.1, 0.15) is 5.58 Å². The molecule has 4 nitrogen and oxygen atoms in total. The number of carbonyl (C=O) groups excluding carboxylic acids is 1. The van der Waals surface area contributed by atoms with Gasteiger partial charge < -0.3 is 15.5 Å². The summed E-state index contributed by atoms with van der Waals surface area (Å²) in [4.78, 5) is 11.9. The van der Waals surface area contributed by atoms with Crippen LogP contribution >= 0.6 is 12.4 Å². The van der Waals surface area contributed by atoms with Crippen molar-refractivity contribution in [3.63, 3.8) is 0 Å². The predicted octanol–water partition coefficient (Wildman–Crippen LogP) is 2.80. The number of benzene rings is 1. The molecule has 3 N–H and O–H groups in total. The lowest BCUT2D eigenvalue weighted by Gasteiger charge is -2.13. The van der Waals surface area contributed by atoms with Crippen molar-refractivity contribution in [2.45, 2.75) is 19.8 Å². The highest BCUT2D eigenvalue weighted by Gasteiger charge is 2.28. The van der Waals surface area contributed by atoms with Gasteiger partial charge in [-0.3, -0.25) is 4.79 Å². The first-order valence-corrected chi connectivity index (χ1v) is 6.20. The van der Waals surface area contributed by atoms with E-state index in [0.29, 0.717) is 11.1 Å². The Morgan fingerprint density at radius 2 is 2.05 bits per heavy atom. The van der Waals surface area contributed by atoms with Crippen LogP contribution in [0.4, 0.5) is 8.78 Å². The molecule has 0 spiro atoms. The second-order valence-electron chi connectivity index (χ2n) is 4.75. The van der Waals surface area contributed by atoms with Crippen LogP contribution in [0, 0.1) is 13.8 Å². The SMILES string of the molecule is Cc1c(C(=O)NCC(F)(F)CN)oc2c(C)cccc12.Cl. The summed E-state index contributed by atoms with van der Waals surface area (Å²) in [5.74, 6) is -3.72. The van der Waals surface area contributed by atoms with Gasteiger partial charge in [0.25, 0.3) is 11.8 Å². The number of para-hydroxylation sites is 1. The smallest absolute Gasteiger partial charge is 0.287 e. The van der Waals surface area contributed by atoms with Crippen molar-refractivity contribution in [3.8, 4) is 0 Å². The lowest BCUT2D eigenvalue weighted by atomic mass is 10.1. The van der Waals surface area contributed by atoms with Gasteiger partial charge in [0.05, 0.1) is 13.1 Å². The van der Waals surface area contributed by atoms with Gasteiger partial charge in [-0.1, -0.05) is 18.2 Å². The highest BCUT2D eigenvalue weighted by molar-refractivity contribution is 5.99. The molecule has 0 radical (unpaired) electrons. The predicted molar refractivity (Wildman–Crippen MR) is 79.3 cm³/mol.